The fourth-order valence-corrected chi connectivity index (χ4v) is 3.12. The predicted octanol–water partition coefficient (Wildman–Crippen LogP) is -0.693. The molecule has 8 heteroatoms. The summed E-state index contributed by atoms with van der Waals surface area (Å²) in [5.74, 6) is 0.647. The normalized spacial score (nSPS) is 19.9. The number of nitrogens with zero attached hydrogens (tertiary/aromatic N) is 4. The Morgan fingerprint density at radius 1 is 1.27 bits per heavy atom. The molecule has 2 aromatic heterocycles. The lowest BCUT2D eigenvalue weighted by molar-refractivity contribution is 0.0822. The summed E-state index contributed by atoms with van der Waals surface area (Å²) in [6.07, 6.45) is 3.19. The third-order valence-electron chi connectivity index (χ3n) is 4.46. The summed E-state index contributed by atoms with van der Waals surface area (Å²) >= 11 is 0. The van der Waals surface area contributed by atoms with E-state index in [4.69, 9.17) is 0 Å². The number of piperidine rings is 1. The summed E-state index contributed by atoms with van der Waals surface area (Å²) in [7, 11) is 3.06. The van der Waals surface area contributed by atoms with E-state index in [1.807, 2.05) is 0 Å². The number of aromatic nitrogens is 4. The Labute approximate surface area is 127 Å². The molecule has 1 aliphatic rings. The number of hydrogen-bond acceptors (Lipinski definition) is 5. The number of hydrogen-bond donors (Lipinski definition) is 2. The minimum absolute atomic E-state index is 0.125. The quantitative estimate of drug-likeness (QED) is 0.782. The number of aliphatic hydroxyl groups is 1. The molecule has 2 N–H and O–H groups in total. The molecule has 8 nitrogen and oxygen atoms in total. The largest absolute Gasteiger partial charge is 0.395 e. The standard InChI is InChI=1S/C14H21N5O3/c1-17-12-11(13(21)18(2)14(17)22)15-10(16-12)7-19-6-4-3-5-9(19)8-20/h9,20H,3-8H2,1-2H3,(H,15,16). The van der Waals surface area contributed by atoms with Crippen LogP contribution in [0.2, 0.25) is 0 Å². The molecule has 0 amide bonds. The van der Waals surface area contributed by atoms with Gasteiger partial charge in [0.2, 0.25) is 0 Å². The molecular weight excluding hydrogens is 286 g/mol. The Morgan fingerprint density at radius 3 is 2.77 bits per heavy atom. The minimum atomic E-state index is -0.387. The molecule has 1 fully saturated rings. The molecule has 0 bridgehead atoms. The SMILES string of the molecule is Cn1c(=O)c2[nH]c(CN3CCCCC3CO)nc2n(C)c1=O. The number of nitrogens with one attached hydrogen (secondary N) is 1. The Hall–Kier alpha value is -1.93. The van der Waals surface area contributed by atoms with Crippen molar-refractivity contribution >= 4 is 11.2 Å². The Balaban J connectivity index is 1.99. The number of imidazole rings is 1. The Morgan fingerprint density at radius 2 is 2.05 bits per heavy atom. The van der Waals surface area contributed by atoms with Crippen LogP contribution in [0.5, 0.6) is 0 Å². The average molecular weight is 307 g/mol. The van der Waals surface area contributed by atoms with Gasteiger partial charge in [-0.15, -0.1) is 0 Å². The van der Waals surface area contributed by atoms with Crippen molar-refractivity contribution < 1.29 is 5.11 Å². The number of aromatic amines is 1. The molecule has 1 saturated heterocycles. The summed E-state index contributed by atoms with van der Waals surface area (Å²) in [5, 5.41) is 9.47. The molecular formula is C14H21N5O3. The van der Waals surface area contributed by atoms with Crippen molar-refractivity contribution in [3.05, 3.63) is 26.7 Å². The molecule has 1 atom stereocenters. The van der Waals surface area contributed by atoms with Crippen LogP contribution < -0.4 is 11.2 Å². The van der Waals surface area contributed by atoms with Gasteiger partial charge in [0.15, 0.2) is 5.65 Å². The van der Waals surface area contributed by atoms with E-state index < -0.39 is 0 Å². The number of aliphatic hydroxyl groups excluding tert-OH is 1. The number of fused-ring (bicyclic) bond motifs is 1. The number of aryl methyl sites for hydroxylation is 1. The van der Waals surface area contributed by atoms with Crippen molar-refractivity contribution in [3.8, 4) is 0 Å². The Bertz CT molecular complexity index is 803. The average Bonchev–Trinajstić information content (AvgIpc) is 2.95. The molecule has 22 heavy (non-hydrogen) atoms. The van der Waals surface area contributed by atoms with Crippen LogP contribution in [0.1, 0.15) is 25.1 Å². The van der Waals surface area contributed by atoms with Gasteiger partial charge in [0.1, 0.15) is 11.3 Å². The van der Waals surface area contributed by atoms with Gasteiger partial charge in [-0.3, -0.25) is 18.8 Å². The molecule has 0 aromatic carbocycles. The maximum atomic E-state index is 12.2. The molecule has 120 valence electrons. The summed E-state index contributed by atoms with van der Waals surface area (Å²) < 4.78 is 2.44. The maximum Gasteiger partial charge on any atom is 0.332 e. The molecule has 3 rings (SSSR count). The van der Waals surface area contributed by atoms with Crippen LogP contribution in [-0.4, -0.2) is 48.3 Å². The molecule has 2 aromatic rings. The van der Waals surface area contributed by atoms with E-state index in [1.54, 1.807) is 7.05 Å². The van der Waals surface area contributed by atoms with Gasteiger partial charge in [-0.2, -0.15) is 0 Å². The van der Waals surface area contributed by atoms with E-state index in [9.17, 15) is 14.7 Å². The molecule has 0 saturated carbocycles. The second-order valence-corrected chi connectivity index (χ2v) is 5.89. The van der Waals surface area contributed by atoms with E-state index in [-0.39, 0.29) is 23.9 Å². The fourth-order valence-electron chi connectivity index (χ4n) is 3.12. The minimum Gasteiger partial charge on any atom is -0.395 e. The molecule has 0 spiro atoms. The lowest BCUT2D eigenvalue weighted by Crippen LogP contribution is -2.41. The van der Waals surface area contributed by atoms with Crippen molar-refractivity contribution in [2.24, 2.45) is 14.1 Å². The van der Waals surface area contributed by atoms with Gasteiger partial charge < -0.3 is 10.1 Å². The van der Waals surface area contributed by atoms with E-state index in [2.05, 4.69) is 14.9 Å². The third-order valence-corrected chi connectivity index (χ3v) is 4.46. The van der Waals surface area contributed by atoms with E-state index >= 15 is 0 Å². The first-order chi connectivity index (χ1) is 10.5. The van der Waals surface area contributed by atoms with E-state index in [1.165, 1.54) is 11.6 Å². The van der Waals surface area contributed by atoms with Crippen LogP contribution in [0.25, 0.3) is 11.2 Å². The van der Waals surface area contributed by atoms with Gasteiger partial charge in [-0.05, 0) is 19.4 Å². The summed E-state index contributed by atoms with van der Waals surface area (Å²) in [6, 6.07) is 0.133. The highest BCUT2D eigenvalue weighted by Gasteiger charge is 2.23. The van der Waals surface area contributed by atoms with Crippen LogP contribution >= 0.6 is 0 Å². The number of rotatable bonds is 3. The van der Waals surface area contributed by atoms with Crippen molar-refractivity contribution in [2.75, 3.05) is 13.2 Å². The zero-order chi connectivity index (χ0) is 15.9. The van der Waals surface area contributed by atoms with Crippen molar-refractivity contribution in [1.82, 2.24) is 24.0 Å². The highest BCUT2D eigenvalue weighted by Crippen LogP contribution is 2.18. The zero-order valence-electron chi connectivity index (χ0n) is 12.9. The van der Waals surface area contributed by atoms with Crippen LogP contribution in [0, 0.1) is 0 Å². The first kappa shape index (κ1) is 15.0. The van der Waals surface area contributed by atoms with Crippen LogP contribution in [0.3, 0.4) is 0 Å². The van der Waals surface area contributed by atoms with Gasteiger partial charge in [-0.25, -0.2) is 9.78 Å². The summed E-state index contributed by atoms with van der Waals surface area (Å²) in [4.78, 5) is 33.7. The number of H-pyrrole nitrogens is 1. The number of likely N-dealkylation sites (tertiary alicyclic amines) is 1. The van der Waals surface area contributed by atoms with Gasteiger partial charge in [0, 0.05) is 20.1 Å². The predicted molar refractivity (Wildman–Crippen MR) is 81.7 cm³/mol. The smallest absolute Gasteiger partial charge is 0.332 e. The van der Waals surface area contributed by atoms with Crippen LogP contribution in [-0.2, 0) is 20.6 Å². The van der Waals surface area contributed by atoms with E-state index in [0.29, 0.717) is 23.5 Å². The molecule has 3 heterocycles. The van der Waals surface area contributed by atoms with Gasteiger partial charge >= 0.3 is 5.69 Å². The molecule has 1 unspecified atom stereocenters. The lowest BCUT2D eigenvalue weighted by atomic mass is 10.0. The second kappa shape index (κ2) is 5.69. The van der Waals surface area contributed by atoms with Gasteiger partial charge in [0.25, 0.3) is 5.56 Å². The summed E-state index contributed by atoms with van der Waals surface area (Å²) in [5.41, 5.74) is -0.0335. The molecule has 0 radical (unpaired) electrons. The molecule has 1 aliphatic heterocycles. The van der Waals surface area contributed by atoms with Crippen LogP contribution in [0.15, 0.2) is 9.59 Å². The highest BCUT2D eigenvalue weighted by atomic mass is 16.3. The van der Waals surface area contributed by atoms with Gasteiger partial charge in [-0.1, -0.05) is 6.42 Å². The topological polar surface area (TPSA) is 96.2 Å². The summed E-state index contributed by atoms with van der Waals surface area (Å²) in [6.45, 7) is 1.57. The first-order valence-electron chi connectivity index (χ1n) is 7.52. The molecule has 0 aliphatic carbocycles. The van der Waals surface area contributed by atoms with Crippen molar-refractivity contribution in [1.29, 1.82) is 0 Å². The first-order valence-corrected chi connectivity index (χ1v) is 7.52. The fraction of sp³-hybridized carbons (Fsp3) is 0.643. The Kier molecular flexibility index (Phi) is 3.88. The van der Waals surface area contributed by atoms with Crippen LogP contribution in [0.4, 0.5) is 0 Å². The second-order valence-electron chi connectivity index (χ2n) is 5.89. The monoisotopic (exact) mass is 307 g/mol. The van der Waals surface area contributed by atoms with E-state index in [0.717, 1.165) is 30.4 Å². The third kappa shape index (κ3) is 2.38. The van der Waals surface area contributed by atoms with Crippen molar-refractivity contribution in [2.45, 2.75) is 31.8 Å². The zero-order valence-corrected chi connectivity index (χ0v) is 12.9. The highest BCUT2D eigenvalue weighted by molar-refractivity contribution is 5.69. The maximum absolute atomic E-state index is 12.2. The lowest BCUT2D eigenvalue weighted by Gasteiger charge is -2.33. The van der Waals surface area contributed by atoms with Crippen molar-refractivity contribution in [3.63, 3.8) is 0 Å². The van der Waals surface area contributed by atoms with Gasteiger partial charge in [0.05, 0.1) is 13.2 Å².